The van der Waals surface area contributed by atoms with Crippen LogP contribution >= 0.6 is 0 Å². The van der Waals surface area contributed by atoms with Gasteiger partial charge in [-0.15, -0.1) is 0 Å². The van der Waals surface area contributed by atoms with Crippen molar-refractivity contribution in [1.29, 1.82) is 0 Å². The standard InChI is InChI=1S/C16H28O2Si/c1-12(2)19(13(3)4,14(5)6)18-16-10-8-7-9-15(16)11-17/h7-10,12-14,17H,11H2,1-6H3. The molecule has 0 aliphatic rings. The van der Waals surface area contributed by atoms with Crippen LogP contribution < -0.4 is 4.43 Å². The Morgan fingerprint density at radius 2 is 1.42 bits per heavy atom. The Morgan fingerprint density at radius 3 is 1.84 bits per heavy atom. The Morgan fingerprint density at radius 1 is 0.947 bits per heavy atom. The van der Waals surface area contributed by atoms with Gasteiger partial charge in [0.2, 0.25) is 0 Å². The monoisotopic (exact) mass is 280 g/mol. The van der Waals surface area contributed by atoms with E-state index in [1.165, 1.54) is 0 Å². The van der Waals surface area contributed by atoms with E-state index in [0.717, 1.165) is 11.3 Å². The molecular formula is C16H28O2Si. The van der Waals surface area contributed by atoms with Gasteiger partial charge in [-0.2, -0.15) is 0 Å². The predicted molar refractivity (Wildman–Crippen MR) is 84.0 cm³/mol. The fourth-order valence-electron chi connectivity index (χ4n) is 3.28. The highest BCUT2D eigenvalue weighted by molar-refractivity contribution is 6.78. The third-order valence-corrected chi connectivity index (χ3v) is 10.1. The van der Waals surface area contributed by atoms with Gasteiger partial charge in [-0.1, -0.05) is 59.7 Å². The molecule has 0 bridgehead atoms. The molecule has 0 aliphatic carbocycles. The van der Waals surface area contributed by atoms with E-state index in [2.05, 4.69) is 41.5 Å². The maximum Gasteiger partial charge on any atom is 0.258 e. The lowest BCUT2D eigenvalue weighted by Gasteiger charge is -2.42. The van der Waals surface area contributed by atoms with Crippen molar-refractivity contribution in [1.82, 2.24) is 0 Å². The van der Waals surface area contributed by atoms with Crippen molar-refractivity contribution in [3.63, 3.8) is 0 Å². The van der Waals surface area contributed by atoms with Gasteiger partial charge in [-0.05, 0) is 22.7 Å². The van der Waals surface area contributed by atoms with E-state index >= 15 is 0 Å². The fraction of sp³-hybridized carbons (Fsp3) is 0.625. The zero-order valence-electron chi connectivity index (χ0n) is 13.1. The minimum atomic E-state index is -1.93. The van der Waals surface area contributed by atoms with Gasteiger partial charge in [-0.3, -0.25) is 0 Å². The van der Waals surface area contributed by atoms with E-state index in [9.17, 15) is 5.11 Å². The smallest absolute Gasteiger partial charge is 0.258 e. The summed E-state index contributed by atoms with van der Waals surface area (Å²) in [5.41, 5.74) is 2.51. The predicted octanol–water partition coefficient (Wildman–Crippen LogP) is 4.73. The van der Waals surface area contributed by atoms with Crippen molar-refractivity contribution < 1.29 is 9.53 Å². The third-order valence-electron chi connectivity index (χ3n) is 4.14. The van der Waals surface area contributed by atoms with Crippen molar-refractivity contribution in [3.05, 3.63) is 29.8 Å². The third kappa shape index (κ3) is 3.21. The molecule has 108 valence electrons. The molecule has 3 heteroatoms. The van der Waals surface area contributed by atoms with Crippen LogP contribution in [0.4, 0.5) is 0 Å². The first kappa shape index (κ1) is 16.3. The van der Waals surface area contributed by atoms with Gasteiger partial charge in [0.25, 0.3) is 8.32 Å². The number of hydrogen-bond donors (Lipinski definition) is 1. The average molecular weight is 280 g/mol. The van der Waals surface area contributed by atoms with Crippen LogP contribution in [0, 0.1) is 0 Å². The van der Waals surface area contributed by atoms with Crippen LogP contribution in [0.1, 0.15) is 47.1 Å². The van der Waals surface area contributed by atoms with E-state index in [1.807, 2.05) is 24.3 Å². The highest BCUT2D eigenvalue weighted by Gasteiger charge is 2.47. The maximum atomic E-state index is 9.47. The SMILES string of the molecule is CC(C)[Si](Oc1ccccc1CO)(C(C)C)C(C)C. The van der Waals surface area contributed by atoms with Gasteiger partial charge >= 0.3 is 0 Å². The Hall–Kier alpha value is -0.803. The molecule has 0 saturated carbocycles. The van der Waals surface area contributed by atoms with Crippen molar-refractivity contribution in [2.45, 2.75) is 64.8 Å². The molecule has 1 aromatic carbocycles. The highest BCUT2D eigenvalue weighted by atomic mass is 28.4. The van der Waals surface area contributed by atoms with Gasteiger partial charge in [0.05, 0.1) is 6.61 Å². The number of benzene rings is 1. The number of rotatable bonds is 6. The van der Waals surface area contributed by atoms with Gasteiger partial charge in [0, 0.05) is 5.56 Å². The lowest BCUT2D eigenvalue weighted by molar-refractivity contribution is 0.277. The molecule has 0 spiro atoms. The summed E-state index contributed by atoms with van der Waals surface area (Å²) < 4.78 is 6.59. The van der Waals surface area contributed by atoms with Gasteiger partial charge in [0.15, 0.2) is 0 Å². The molecule has 0 unspecified atom stereocenters. The minimum absolute atomic E-state index is 0.0366. The van der Waals surface area contributed by atoms with Crippen LogP contribution in [0.25, 0.3) is 0 Å². The molecule has 1 aromatic rings. The van der Waals surface area contributed by atoms with Crippen LogP contribution in [0.15, 0.2) is 24.3 Å². The topological polar surface area (TPSA) is 29.5 Å². The molecule has 19 heavy (non-hydrogen) atoms. The molecule has 0 fully saturated rings. The largest absolute Gasteiger partial charge is 0.542 e. The second kappa shape index (κ2) is 6.57. The van der Waals surface area contributed by atoms with Crippen LogP contribution in [0.3, 0.4) is 0 Å². The molecule has 2 nitrogen and oxygen atoms in total. The molecule has 0 aliphatic heterocycles. The van der Waals surface area contributed by atoms with E-state index in [-0.39, 0.29) is 6.61 Å². The van der Waals surface area contributed by atoms with E-state index in [4.69, 9.17) is 4.43 Å². The van der Waals surface area contributed by atoms with E-state index < -0.39 is 8.32 Å². The number of para-hydroxylation sites is 1. The summed E-state index contributed by atoms with van der Waals surface area (Å²) >= 11 is 0. The van der Waals surface area contributed by atoms with Crippen molar-refractivity contribution in [3.8, 4) is 5.75 Å². The van der Waals surface area contributed by atoms with E-state index in [1.54, 1.807) is 0 Å². The molecule has 0 saturated heterocycles. The van der Waals surface area contributed by atoms with Gasteiger partial charge in [0.1, 0.15) is 5.75 Å². The summed E-state index contributed by atoms with van der Waals surface area (Å²) in [6, 6.07) is 7.85. The molecule has 1 N–H and O–H groups in total. The van der Waals surface area contributed by atoms with E-state index in [0.29, 0.717) is 16.6 Å². The lowest BCUT2D eigenvalue weighted by atomic mass is 10.2. The Labute approximate surface area is 118 Å². The first-order valence-corrected chi connectivity index (χ1v) is 9.38. The minimum Gasteiger partial charge on any atom is -0.542 e. The Kier molecular flexibility index (Phi) is 5.62. The van der Waals surface area contributed by atoms with Crippen LogP contribution in [0.2, 0.25) is 16.6 Å². The molecular weight excluding hydrogens is 252 g/mol. The summed E-state index contributed by atoms with van der Waals surface area (Å²) in [5, 5.41) is 9.47. The quantitative estimate of drug-likeness (QED) is 0.763. The Balaban J connectivity index is 3.21. The Bertz CT molecular complexity index is 378. The normalized spacial score (nSPS) is 12.5. The summed E-state index contributed by atoms with van der Waals surface area (Å²) in [6.07, 6.45) is 0. The van der Waals surface area contributed by atoms with Crippen LogP contribution in [0.5, 0.6) is 5.75 Å². The average Bonchev–Trinajstić information content (AvgIpc) is 2.34. The summed E-state index contributed by atoms with van der Waals surface area (Å²) in [4.78, 5) is 0. The second-order valence-electron chi connectivity index (χ2n) is 6.19. The summed E-state index contributed by atoms with van der Waals surface area (Å²) in [7, 11) is -1.93. The van der Waals surface area contributed by atoms with Crippen molar-refractivity contribution in [2.24, 2.45) is 0 Å². The molecule has 1 rings (SSSR count). The molecule has 0 radical (unpaired) electrons. The molecule has 0 heterocycles. The lowest BCUT2D eigenvalue weighted by Crippen LogP contribution is -2.50. The first-order chi connectivity index (χ1) is 8.86. The molecule has 0 amide bonds. The summed E-state index contributed by atoms with van der Waals surface area (Å²) in [5.74, 6) is 0.868. The van der Waals surface area contributed by atoms with Crippen LogP contribution in [-0.2, 0) is 6.61 Å². The zero-order valence-corrected chi connectivity index (χ0v) is 14.1. The zero-order chi connectivity index (χ0) is 14.6. The van der Waals surface area contributed by atoms with Crippen molar-refractivity contribution in [2.75, 3.05) is 0 Å². The van der Waals surface area contributed by atoms with Crippen molar-refractivity contribution >= 4 is 8.32 Å². The number of aliphatic hydroxyl groups is 1. The number of hydrogen-bond acceptors (Lipinski definition) is 2. The molecule has 0 atom stereocenters. The second-order valence-corrected chi connectivity index (χ2v) is 11.6. The first-order valence-electron chi connectivity index (χ1n) is 7.24. The molecule has 0 aromatic heterocycles. The summed E-state index contributed by atoms with van der Waals surface area (Å²) in [6.45, 7) is 13.7. The maximum absolute atomic E-state index is 9.47. The van der Waals surface area contributed by atoms with Crippen LogP contribution in [-0.4, -0.2) is 13.4 Å². The van der Waals surface area contributed by atoms with Gasteiger partial charge in [-0.25, -0.2) is 0 Å². The fourth-order valence-corrected chi connectivity index (χ4v) is 8.57. The number of aliphatic hydroxyl groups excluding tert-OH is 1. The van der Waals surface area contributed by atoms with Gasteiger partial charge < -0.3 is 9.53 Å². The highest BCUT2D eigenvalue weighted by Crippen LogP contribution is 2.43.